The third kappa shape index (κ3) is 3.25. The van der Waals surface area contributed by atoms with E-state index in [1.54, 1.807) is 19.1 Å². The average molecular weight is 374 g/mol. The zero-order valence-electron chi connectivity index (χ0n) is 15.2. The maximum atomic E-state index is 12.5. The number of esters is 1. The Bertz CT molecular complexity index is 793. The molecule has 1 atom stereocenters. The fourth-order valence-electron chi connectivity index (χ4n) is 3.81. The van der Waals surface area contributed by atoms with Crippen LogP contribution in [0, 0.1) is 5.92 Å². The predicted octanol–water partition coefficient (Wildman–Crippen LogP) is 1.22. The van der Waals surface area contributed by atoms with Crippen LogP contribution in [0.1, 0.15) is 30.1 Å². The third-order valence-corrected chi connectivity index (χ3v) is 5.10. The molecule has 0 bridgehead atoms. The minimum absolute atomic E-state index is 0.202. The molecule has 27 heavy (non-hydrogen) atoms. The molecule has 0 saturated carbocycles. The normalized spacial score (nSPS) is 22.0. The summed E-state index contributed by atoms with van der Waals surface area (Å²) in [6.45, 7) is 4.52. The highest BCUT2D eigenvalue weighted by Gasteiger charge is 2.39. The number of fused-ring (bicyclic) bond motifs is 2. The predicted molar refractivity (Wildman–Crippen MR) is 95.0 cm³/mol. The Kier molecular flexibility index (Phi) is 4.73. The molecule has 4 rings (SSSR count). The monoisotopic (exact) mass is 374 g/mol. The molecule has 0 spiro atoms. The molecule has 0 aromatic heterocycles. The summed E-state index contributed by atoms with van der Waals surface area (Å²) in [5, 5.41) is 0. The van der Waals surface area contributed by atoms with Gasteiger partial charge in [-0.2, -0.15) is 0 Å². The van der Waals surface area contributed by atoms with Crippen molar-refractivity contribution in [3.8, 4) is 11.5 Å². The molecule has 1 aromatic carbocycles. The Hall–Kier alpha value is -2.61. The Balaban J connectivity index is 1.54. The highest BCUT2D eigenvalue weighted by Crippen LogP contribution is 2.40. The molecule has 8 nitrogen and oxygen atoms in total. The first-order chi connectivity index (χ1) is 13.1. The van der Waals surface area contributed by atoms with E-state index in [4.69, 9.17) is 14.2 Å². The fourth-order valence-corrected chi connectivity index (χ4v) is 3.81. The van der Waals surface area contributed by atoms with Crippen LogP contribution in [-0.4, -0.2) is 62.1 Å². The summed E-state index contributed by atoms with van der Waals surface area (Å²) in [7, 11) is 0. The maximum Gasteiger partial charge on any atom is 0.310 e. The highest BCUT2D eigenvalue weighted by molar-refractivity contribution is 6.52. The molecule has 3 aliphatic rings. The number of amides is 1. The highest BCUT2D eigenvalue weighted by atomic mass is 16.6. The van der Waals surface area contributed by atoms with E-state index in [1.165, 1.54) is 4.90 Å². The average Bonchev–Trinajstić information content (AvgIpc) is 2.91. The van der Waals surface area contributed by atoms with E-state index in [-0.39, 0.29) is 18.6 Å². The van der Waals surface area contributed by atoms with Gasteiger partial charge in [0.25, 0.3) is 5.78 Å². The van der Waals surface area contributed by atoms with Crippen LogP contribution in [0.5, 0.6) is 11.5 Å². The number of anilines is 1. The number of likely N-dealkylation sites (tertiary alicyclic amines) is 1. The van der Waals surface area contributed by atoms with E-state index in [0.717, 1.165) is 19.4 Å². The van der Waals surface area contributed by atoms with E-state index in [2.05, 4.69) is 0 Å². The van der Waals surface area contributed by atoms with E-state index < -0.39 is 11.7 Å². The Morgan fingerprint density at radius 1 is 1.22 bits per heavy atom. The molecule has 8 heteroatoms. The van der Waals surface area contributed by atoms with Gasteiger partial charge in [-0.25, -0.2) is 0 Å². The molecule has 3 heterocycles. The second kappa shape index (κ2) is 7.19. The number of hydrogen-bond acceptors (Lipinski definition) is 7. The van der Waals surface area contributed by atoms with Crippen molar-refractivity contribution < 1.29 is 28.6 Å². The molecule has 0 radical (unpaired) electrons. The quantitative estimate of drug-likeness (QED) is 0.579. The number of ketones is 1. The number of carbonyl (C=O) groups is 3. The lowest BCUT2D eigenvalue weighted by Gasteiger charge is -2.34. The molecule has 1 amide bonds. The van der Waals surface area contributed by atoms with Crippen molar-refractivity contribution in [2.45, 2.75) is 19.8 Å². The number of rotatable bonds is 4. The number of nitrogens with zero attached hydrogens (tertiary/aromatic N) is 2. The first kappa shape index (κ1) is 17.8. The number of hydrogen-bond donors (Lipinski definition) is 0. The van der Waals surface area contributed by atoms with Gasteiger partial charge in [-0.1, -0.05) is 0 Å². The molecule has 1 saturated heterocycles. The minimum Gasteiger partial charge on any atom is -0.486 e. The second-order valence-corrected chi connectivity index (χ2v) is 6.88. The van der Waals surface area contributed by atoms with Gasteiger partial charge in [0.05, 0.1) is 30.4 Å². The molecular formula is C19H22N2O6. The van der Waals surface area contributed by atoms with Crippen molar-refractivity contribution in [3.63, 3.8) is 0 Å². The Labute approximate surface area is 157 Å². The lowest BCUT2D eigenvalue weighted by Crippen LogP contribution is -2.46. The first-order valence-electron chi connectivity index (χ1n) is 9.27. The van der Waals surface area contributed by atoms with Crippen molar-refractivity contribution >= 4 is 23.3 Å². The van der Waals surface area contributed by atoms with Crippen LogP contribution in [0.15, 0.2) is 12.1 Å². The summed E-state index contributed by atoms with van der Waals surface area (Å²) in [5.74, 6) is -0.483. The molecule has 0 unspecified atom stereocenters. The maximum absolute atomic E-state index is 12.5. The van der Waals surface area contributed by atoms with E-state index in [0.29, 0.717) is 49.1 Å². The topological polar surface area (TPSA) is 85.4 Å². The zero-order chi connectivity index (χ0) is 19.0. The van der Waals surface area contributed by atoms with Crippen LogP contribution in [0.25, 0.3) is 0 Å². The van der Waals surface area contributed by atoms with Gasteiger partial charge in [-0.15, -0.1) is 0 Å². The molecule has 1 fully saturated rings. The molecule has 3 aliphatic heterocycles. The van der Waals surface area contributed by atoms with E-state index in [1.807, 2.05) is 4.90 Å². The molecule has 0 aliphatic carbocycles. The summed E-state index contributed by atoms with van der Waals surface area (Å²) < 4.78 is 16.2. The molecule has 1 aromatic rings. The number of ether oxygens (including phenoxy) is 3. The second-order valence-electron chi connectivity index (χ2n) is 6.88. The summed E-state index contributed by atoms with van der Waals surface area (Å²) in [5.41, 5.74) is 0.871. The van der Waals surface area contributed by atoms with Gasteiger partial charge in [0.1, 0.15) is 13.2 Å². The van der Waals surface area contributed by atoms with Crippen molar-refractivity contribution in [2.75, 3.05) is 44.5 Å². The van der Waals surface area contributed by atoms with Crippen LogP contribution in [0.4, 0.5) is 5.69 Å². The summed E-state index contributed by atoms with van der Waals surface area (Å²) in [4.78, 5) is 40.5. The fraction of sp³-hybridized carbons (Fsp3) is 0.526. The first-order valence-corrected chi connectivity index (χ1v) is 9.27. The van der Waals surface area contributed by atoms with Crippen molar-refractivity contribution in [1.82, 2.24) is 4.90 Å². The Morgan fingerprint density at radius 2 is 1.96 bits per heavy atom. The van der Waals surface area contributed by atoms with Crippen molar-refractivity contribution in [3.05, 3.63) is 17.7 Å². The van der Waals surface area contributed by atoms with Gasteiger partial charge in [-0.3, -0.25) is 24.2 Å². The number of Topliss-reactive ketones (excluding diaryl/α,β-unsaturated/α-hetero) is 1. The smallest absolute Gasteiger partial charge is 0.310 e. The summed E-state index contributed by atoms with van der Waals surface area (Å²) in [6.07, 6.45) is 1.62. The number of benzene rings is 1. The zero-order valence-corrected chi connectivity index (χ0v) is 15.2. The Morgan fingerprint density at radius 3 is 2.70 bits per heavy atom. The molecule has 144 valence electrons. The van der Waals surface area contributed by atoms with Gasteiger partial charge in [0.15, 0.2) is 11.5 Å². The van der Waals surface area contributed by atoms with Gasteiger partial charge in [0, 0.05) is 12.6 Å². The van der Waals surface area contributed by atoms with Crippen molar-refractivity contribution in [2.24, 2.45) is 5.92 Å². The number of piperidine rings is 1. The van der Waals surface area contributed by atoms with Crippen LogP contribution in [0.2, 0.25) is 0 Å². The van der Waals surface area contributed by atoms with Crippen LogP contribution in [-0.2, 0) is 14.3 Å². The minimum atomic E-state index is -0.564. The van der Waals surface area contributed by atoms with Gasteiger partial charge >= 0.3 is 11.9 Å². The van der Waals surface area contributed by atoms with Gasteiger partial charge in [0.2, 0.25) is 0 Å². The largest absolute Gasteiger partial charge is 0.486 e. The van der Waals surface area contributed by atoms with Crippen LogP contribution < -0.4 is 14.4 Å². The summed E-state index contributed by atoms with van der Waals surface area (Å²) >= 11 is 0. The molecular weight excluding hydrogens is 352 g/mol. The lowest BCUT2D eigenvalue weighted by molar-refractivity contribution is -0.149. The third-order valence-electron chi connectivity index (χ3n) is 5.10. The van der Waals surface area contributed by atoms with Crippen LogP contribution in [0.3, 0.4) is 0 Å². The van der Waals surface area contributed by atoms with E-state index in [9.17, 15) is 14.4 Å². The SMILES string of the molecule is CCOC(=O)[C@@H]1CCCN(CN2C(=O)C(=O)c3cc4c(cc32)OCCO4)C1. The lowest BCUT2D eigenvalue weighted by atomic mass is 9.98. The van der Waals surface area contributed by atoms with E-state index >= 15 is 0 Å². The van der Waals surface area contributed by atoms with Crippen LogP contribution >= 0.6 is 0 Å². The summed E-state index contributed by atoms with van der Waals surface area (Å²) in [6, 6.07) is 3.28. The number of carbonyl (C=O) groups excluding carboxylic acids is 3. The van der Waals surface area contributed by atoms with Crippen molar-refractivity contribution in [1.29, 1.82) is 0 Å². The molecule has 0 N–H and O–H groups in total. The van der Waals surface area contributed by atoms with Gasteiger partial charge < -0.3 is 14.2 Å². The standard InChI is InChI=1S/C19H22N2O6/c1-2-25-19(24)12-4-3-5-20(10-12)11-21-14-9-16-15(26-6-7-27-16)8-13(14)17(22)18(21)23/h8-9,12H,2-7,10-11H2,1H3/t12-/m1/s1. The van der Waals surface area contributed by atoms with Gasteiger partial charge in [-0.05, 0) is 32.4 Å².